The van der Waals surface area contributed by atoms with Crippen LogP contribution in [0.1, 0.15) is 43.9 Å². The van der Waals surface area contributed by atoms with E-state index in [0.717, 1.165) is 29.7 Å². The summed E-state index contributed by atoms with van der Waals surface area (Å²) in [7, 11) is 0. The fraction of sp³-hybridized carbons (Fsp3) is 0.455. The van der Waals surface area contributed by atoms with E-state index in [1.165, 1.54) is 0 Å². The second-order valence-corrected chi connectivity index (χ2v) is 7.03. The van der Waals surface area contributed by atoms with Gasteiger partial charge in [0, 0.05) is 25.5 Å². The van der Waals surface area contributed by atoms with Crippen LogP contribution in [0.5, 0.6) is 5.75 Å². The van der Waals surface area contributed by atoms with Crippen LogP contribution in [0, 0.1) is 0 Å². The van der Waals surface area contributed by atoms with Crippen LogP contribution in [-0.2, 0) is 11.3 Å². The molecule has 2 amide bonds. The quantitative estimate of drug-likeness (QED) is 0.787. The first kappa shape index (κ1) is 20.1. The van der Waals surface area contributed by atoms with Crippen LogP contribution in [0.15, 0.2) is 48.8 Å². The smallest absolute Gasteiger partial charge is 0.317 e. The van der Waals surface area contributed by atoms with E-state index in [0.29, 0.717) is 26.3 Å². The number of benzene rings is 1. The van der Waals surface area contributed by atoms with E-state index < -0.39 is 0 Å². The Balaban J connectivity index is 1.41. The topological polar surface area (TPSA) is 63.7 Å². The Morgan fingerprint density at radius 3 is 2.64 bits per heavy atom. The van der Waals surface area contributed by atoms with Gasteiger partial charge in [0.25, 0.3) is 0 Å². The number of urea groups is 1. The lowest BCUT2D eigenvalue weighted by Crippen LogP contribution is -2.46. The molecule has 6 nitrogen and oxygen atoms in total. The summed E-state index contributed by atoms with van der Waals surface area (Å²) in [4.78, 5) is 18.6. The number of pyridine rings is 1. The molecule has 1 aromatic heterocycles. The average molecular weight is 383 g/mol. The summed E-state index contributed by atoms with van der Waals surface area (Å²) >= 11 is 0. The maximum atomic E-state index is 12.6. The fourth-order valence-corrected chi connectivity index (χ4v) is 3.30. The first-order valence-corrected chi connectivity index (χ1v) is 9.94. The third-order valence-electron chi connectivity index (χ3n) is 4.97. The molecule has 1 atom stereocenters. The SMILES string of the molecule is CCOc1ccc([C@@H](C)NC(=O)N2CCC(OCc3cccnc3)CC2)cc1. The number of hydrogen-bond acceptors (Lipinski definition) is 4. The predicted molar refractivity (Wildman–Crippen MR) is 108 cm³/mol. The zero-order valence-electron chi connectivity index (χ0n) is 16.6. The van der Waals surface area contributed by atoms with Crippen molar-refractivity contribution < 1.29 is 14.3 Å². The Bertz CT molecular complexity index is 728. The second kappa shape index (κ2) is 10.1. The monoisotopic (exact) mass is 383 g/mol. The van der Waals surface area contributed by atoms with Gasteiger partial charge in [-0.2, -0.15) is 0 Å². The lowest BCUT2D eigenvalue weighted by atomic mass is 10.1. The van der Waals surface area contributed by atoms with Gasteiger partial charge in [-0.15, -0.1) is 0 Å². The maximum Gasteiger partial charge on any atom is 0.317 e. The highest BCUT2D eigenvalue weighted by Crippen LogP contribution is 2.19. The molecule has 1 saturated heterocycles. The van der Waals surface area contributed by atoms with Crippen LogP contribution in [0.4, 0.5) is 4.79 Å². The number of carbonyl (C=O) groups excluding carboxylic acids is 1. The van der Waals surface area contributed by atoms with Crippen LogP contribution < -0.4 is 10.1 Å². The predicted octanol–water partition coefficient (Wildman–Crippen LogP) is 3.93. The normalized spacial score (nSPS) is 15.9. The number of carbonyl (C=O) groups is 1. The van der Waals surface area contributed by atoms with Crippen LogP contribution >= 0.6 is 0 Å². The van der Waals surface area contributed by atoms with Crippen molar-refractivity contribution in [2.75, 3.05) is 19.7 Å². The number of nitrogens with one attached hydrogen (secondary N) is 1. The molecule has 28 heavy (non-hydrogen) atoms. The van der Waals surface area contributed by atoms with E-state index in [9.17, 15) is 4.79 Å². The molecule has 1 aromatic carbocycles. The summed E-state index contributed by atoms with van der Waals surface area (Å²) in [6.07, 6.45) is 5.48. The van der Waals surface area contributed by atoms with Gasteiger partial charge >= 0.3 is 6.03 Å². The molecule has 1 aliphatic heterocycles. The Morgan fingerprint density at radius 2 is 2.00 bits per heavy atom. The van der Waals surface area contributed by atoms with Crippen molar-refractivity contribution in [2.45, 2.75) is 45.4 Å². The molecule has 1 fully saturated rings. The number of likely N-dealkylation sites (tertiary alicyclic amines) is 1. The third-order valence-corrected chi connectivity index (χ3v) is 4.97. The van der Waals surface area contributed by atoms with Crippen molar-refractivity contribution in [3.8, 4) is 5.75 Å². The van der Waals surface area contributed by atoms with Gasteiger partial charge in [0.05, 0.1) is 25.4 Å². The van der Waals surface area contributed by atoms with E-state index in [4.69, 9.17) is 9.47 Å². The van der Waals surface area contributed by atoms with Gasteiger partial charge in [0.2, 0.25) is 0 Å². The van der Waals surface area contributed by atoms with Crippen molar-refractivity contribution >= 4 is 6.03 Å². The lowest BCUT2D eigenvalue weighted by molar-refractivity contribution is 0.00421. The number of nitrogens with zero attached hydrogens (tertiary/aromatic N) is 2. The first-order chi connectivity index (χ1) is 13.7. The van der Waals surface area contributed by atoms with Crippen LogP contribution in [0.3, 0.4) is 0 Å². The van der Waals surface area contributed by atoms with Crippen molar-refractivity contribution in [1.82, 2.24) is 15.2 Å². The largest absolute Gasteiger partial charge is 0.494 e. The van der Waals surface area contributed by atoms with E-state index in [-0.39, 0.29) is 18.2 Å². The molecule has 0 aliphatic carbocycles. The van der Waals surface area contributed by atoms with Gasteiger partial charge in [-0.1, -0.05) is 18.2 Å². The fourth-order valence-electron chi connectivity index (χ4n) is 3.30. The van der Waals surface area contributed by atoms with Crippen molar-refractivity contribution in [2.24, 2.45) is 0 Å². The van der Waals surface area contributed by atoms with E-state index in [2.05, 4.69) is 10.3 Å². The summed E-state index contributed by atoms with van der Waals surface area (Å²) in [5.74, 6) is 0.845. The first-order valence-electron chi connectivity index (χ1n) is 9.94. The highest BCUT2D eigenvalue weighted by Gasteiger charge is 2.24. The Morgan fingerprint density at radius 1 is 1.25 bits per heavy atom. The summed E-state index contributed by atoms with van der Waals surface area (Å²) in [6.45, 7) is 6.59. The number of aromatic nitrogens is 1. The van der Waals surface area contributed by atoms with Crippen LogP contribution in [0.25, 0.3) is 0 Å². The lowest BCUT2D eigenvalue weighted by Gasteiger charge is -2.32. The Labute approximate surface area is 166 Å². The molecule has 1 aliphatic rings. The minimum Gasteiger partial charge on any atom is -0.494 e. The van der Waals surface area contributed by atoms with E-state index in [1.54, 1.807) is 6.20 Å². The van der Waals surface area contributed by atoms with Gasteiger partial charge < -0.3 is 19.7 Å². The van der Waals surface area contributed by atoms with Gasteiger partial charge in [-0.3, -0.25) is 4.98 Å². The Kier molecular flexibility index (Phi) is 7.25. The molecule has 3 rings (SSSR count). The molecule has 0 spiro atoms. The zero-order chi connectivity index (χ0) is 19.8. The minimum atomic E-state index is -0.0530. The number of piperidine rings is 1. The van der Waals surface area contributed by atoms with Crippen molar-refractivity contribution in [1.29, 1.82) is 0 Å². The molecular weight excluding hydrogens is 354 g/mol. The van der Waals surface area contributed by atoms with Crippen LogP contribution in [0.2, 0.25) is 0 Å². The molecule has 6 heteroatoms. The number of ether oxygens (including phenoxy) is 2. The maximum absolute atomic E-state index is 12.6. The number of rotatable bonds is 7. The molecule has 0 saturated carbocycles. The Hall–Kier alpha value is -2.60. The molecule has 0 unspecified atom stereocenters. The van der Waals surface area contributed by atoms with E-state index in [1.807, 2.05) is 61.3 Å². The summed E-state index contributed by atoms with van der Waals surface area (Å²) in [5, 5.41) is 3.09. The van der Waals surface area contributed by atoms with Crippen molar-refractivity contribution in [3.05, 3.63) is 59.9 Å². The third kappa shape index (κ3) is 5.70. The summed E-state index contributed by atoms with van der Waals surface area (Å²) in [5.41, 5.74) is 2.14. The average Bonchev–Trinajstić information content (AvgIpc) is 2.74. The second-order valence-electron chi connectivity index (χ2n) is 7.03. The minimum absolute atomic E-state index is 0.0212. The van der Waals surface area contributed by atoms with Crippen LogP contribution in [-0.4, -0.2) is 41.7 Å². The van der Waals surface area contributed by atoms with Gasteiger partial charge in [0.1, 0.15) is 5.75 Å². The van der Waals surface area contributed by atoms with E-state index >= 15 is 0 Å². The van der Waals surface area contributed by atoms with Gasteiger partial charge in [-0.25, -0.2) is 4.79 Å². The highest BCUT2D eigenvalue weighted by atomic mass is 16.5. The molecule has 0 radical (unpaired) electrons. The van der Waals surface area contributed by atoms with Gasteiger partial charge in [-0.05, 0) is 56.0 Å². The zero-order valence-corrected chi connectivity index (χ0v) is 16.6. The molecule has 150 valence electrons. The molecule has 2 aromatic rings. The standard InChI is InChI=1S/C22H29N3O3/c1-3-27-20-8-6-19(7-9-20)17(2)24-22(26)25-13-10-21(11-14-25)28-16-18-5-4-12-23-15-18/h4-9,12,15,17,21H,3,10-11,13-14,16H2,1-2H3,(H,24,26)/t17-/m1/s1. The van der Waals surface area contributed by atoms with Gasteiger partial charge in [0.15, 0.2) is 0 Å². The molecule has 0 bridgehead atoms. The molecular formula is C22H29N3O3. The summed E-state index contributed by atoms with van der Waals surface area (Å²) in [6, 6.07) is 11.7. The molecule has 1 N–H and O–H groups in total. The molecule has 2 heterocycles. The number of amides is 2. The number of hydrogen-bond donors (Lipinski definition) is 1. The van der Waals surface area contributed by atoms with Crippen molar-refractivity contribution in [3.63, 3.8) is 0 Å². The highest BCUT2D eigenvalue weighted by molar-refractivity contribution is 5.74. The summed E-state index contributed by atoms with van der Waals surface area (Å²) < 4.78 is 11.4.